The van der Waals surface area contributed by atoms with E-state index in [1.165, 1.54) is 29.6 Å². The maximum absolute atomic E-state index is 13.0. The lowest BCUT2D eigenvalue weighted by Crippen LogP contribution is -2.66. The first-order valence-corrected chi connectivity index (χ1v) is 18.1. The highest BCUT2D eigenvalue weighted by atomic mass is 28.4. The Hall–Kier alpha value is -2.68. The molecule has 5 heteroatoms. The van der Waals surface area contributed by atoms with Crippen molar-refractivity contribution in [3.63, 3.8) is 0 Å². The standard InChI is InChI=1S/C38H55NO3Si/c1-29(2)25-31-26-30(27-31)22-23-35(39-9)32(28-36(40)42-37(3,4)5)17-16-24-41-43(38(6,7)8,33-18-12-10-13-19-33)34-20-14-11-15-21-34/h10-15,18-21,29-32H,16-17,24-28H2,1-9H3/t30?,31?,32-/m0/s1. The van der Waals surface area contributed by atoms with Crippen molar-refractivity contribution in [2.45, 2.75) is 105 Å². The molecule has 1 saturated carbocycles. The molecule has 0 saturated heterocycles. The molecule has 43 heavy (non-hydrogen) atoms. The van der Waals surface area contributed by atoms with Crippen LogP contribution in [0.3, 0.4) is 0 Å². The number of rotatable bonds is 12. The van der Waals surface area contributed by atoms with E-state index in [1.807, 2.05) is 20.8 Å². The molecule has 0 radical (unpaired) electrons. The molecular formula is C38H55NO3Si. The lowest BCUT2D eigenvalue weighted by atomic mass is 9.71. The van der Waals surface area contributed by atoms with Crippen LogP contribution in [-0.2, 0) is 14.0 Å². The molecule has 1 atom stereocenters. The predicted octanol–water partition coefficient (Wildman–Crippen LogP) is 7.84. The molecular weight excluding hydrogens is 547 g/mol. The van der Waals surface area contributed by atoms with Crippen molar-refractivity contribution in [2.24, 2.45) is 28.7 Å². The minimum absolute atomic E-state index is 0.0800. The third kappa shape index (κ3) is 9.91. The number of benzene rings is 2. The fourth-order valence-electron chi connectivity index (χ4n) is 6.47. The zero-order valence-corrected chi connectivity index (χ0v) is 29.2. The van der Waals surface area contributed by atoms with Crippen molar-refractivity contribution in [1.82, 2.24) is 0 Å². The second-order valence-electron chi connectivity index (χ2n) is 14.7. The first-order chi connectivity index (χ1) is 20.2. The predicted molar refractivity (Wildman–Crippen MR) is 184 cm³/mol. The third-order valence-electron chi connectivity index (χ3n) is 8.34. The number of hydrogen-bond donors (Lipinski definition) is 0. The van der Waals surface area contributed by atoms with Gasteiger partial charge in [0.1, 0.15) is 5.60 Å². The molecule has 4 nitrogen and oxygen atoms in total. The van der Waals surface area contributed by atoms with Crippen molar-refractivity contribution in [3.05, 3.63) is 60.7 Å². The smallest absolute Gasteiger partial charge is 0.307 e. The minimum Gasteiger partial charge on any atom is -0.460 e. The second kappa shape index (κ2) is 15.4. The van der Waals surface area contributed by atoms with Gasteiger partial charge in [0.2, 0.25) is 0 Å². The average molecular weight is 602 g/mol. The summed E-state index contributed by atoms with van der Waals surface area (Å²) in [5.74, 6) is 8.56. The van der Waals surface area contributed by atoms with Gasteiger partial charge in [-0.25, -0.2) is 0 Å². The van der Waals surface area contributed by atoms with Gasteiger partial charge in [-0.05, 0) is 80.1 Å². The van der Waals surface area contributed by atoms with E-state index in [4.69, 9.17) is 9.16 Å². The van der Waals surface area contributed by atoms with Crippen LogP contribution in [0.2, 0.25) is 5.04 Å². The Morgan fingerprint density at radius 3 is 1.98 bits per heavy atom. The summed E-state index contributed by atoms with van der Waals surface area (Å²) in [6, 6.07) is 21.5. The molecule has 0 N–H and O–H groups in total. The lowest BCUT2D eigenvalue weighted by Gasteiger charge is -2.43. The zero-order chi connectivity index (χ0) is 31.7. The van der Waals surface area contributed by atoms with Crippen molar-refractivity contribution >= 4 is 30.4 Å². The van der Waals surface area contributed by atoms with Crippen molar-refractivity contribution in [3.8, 4) is 11.8 Å². The molecule has 0 bridgehead atoms. The fraction of sp³-hybridized carbons (Fsp3) is 0.579. The summed E-state index contributed by atoms with van der Waals surface area (Å²) in [4.78, 5) is 17.6. The van der Waals surface area contributed by atoms with Crippen LogP contribution in [0.5, 0.6) is 0 Å². The van der Waals surface area contributed by atoms with Crippen LogP contribution in [0.15, 0.2) is 65.7 Å². The third-order valence-corrected chi connectivity index (χ3v) is 13.4. The first-order valence-electron chi connectivity index (χ1n) is 16.2. The summed E-state index contributed by atoms with van der Waals surface area (Å²) < 4.78 is 12.9. The molecule has 2 aromatic rings. The van der Waals surface area contributed by atoms with Gasteiger partial charge in [-0.1, -0.05) is 107 Å². The normalized spacial score (nSPS) is 18.4. The molecule has 0 aromatic heterocycles. The van der Waals surface area contributed by atoms with E-state index < -0.39 is 13.9 Å². The van der Waals surface area contributed by atoms with Crippen molar-refractivity contribution < 1.29 is 14.0 Å². The topological polar surface area (TPSA) is 47.9 Å². The molecule has 3 rings (SSSR count). The number of carbonyl (C=O) groups excluding carboxylic acids is 1. The van der Waals surface area contributed by atoms with Gasteiger partial charge in [-0.3, -0.25) is 9.79 Å². The van der Waals surface area contributed by atoms with Gasteiger partial charge < -0.3 is 9.16 Å². The lowest BCUT2D eigenvalue weighted by molar-refractivity contribution is -0.155. The summed E-state index contributed by atoms with van der Waals surface area (Å²) in [6.45, 7) is 17.8. The molecule has 1 aliphatic carbocycles. The Labute approximate surface area is 263 Å². The van der Waals surface area contributed by atoms with E-state index in [0.29, 0.717) is 12.5 Å². The molecule has 0 amide bonds. The molecule has 0 aliphatic heterocycles. The summed E-state index contributed by atoms with van der Waals surface area (Å²) in [5, 5.41) is 2.47. The fourth-order valence-corrected chi connectivity index (χ4v) is 11.1. The van der Waals surface area contributed by atoms with Gasteiger partial charge in [-0.15, -0.1) is 0 Å². The van der Waals surface area contributed by atoms with Crippen LogP contribution in [0.1, 0.15) is 93.9 Å². The van der Waals surface area contributed by atoms with Crippen LogP contribution in [0.25, 0.3) is 0 Å². The second-order valence-corrected chi connectivity index (χ2v) is 19.0. The minimum atomic E-state index is -2.62. The van der Waals surface area contributed by atoms with Crippen LogP contribution in [0.4, 0.5) is 0 Å². The molecule has 2 aromatic carbocycles. The van der Waals surface area contributed by atoms with Crippen LogP contribution < -0.4 is 10.4 Å². The Bertz CT molecular complexity index is 1200. The summed E-state index contributed by atoms with van der Waals surface area (Å²) in [6.07, 6.45) is 5.46. The molecule has 234 valence electrons. The van der Waals surface area contributed by atoms with Gasteiger partial charge >= 0.3 is 5.97 Å². The Balaban J connectivity index is 1.79. The number of ether oxygens (including phenoxy) is 1. The van der Waals surface area contributed by atoms with Gasteiger partial charge in [0.15, 0.2) is 0 Å². The number of aliphatic imine (C=N–C) groups is 1. The highest BCUT2D eigenvalue weighted by Gasteiger charge is 2.50. The van der Waals surface area contributed by atoms with Crippen LogP contribution in [-0.4, -0.2) is 39.3 Å². The number of hydrogen-bond acceptors (Lipinski definition) is 4. The number of esters is 1. The SMILES string of the molecule is CN=C(C#CC1CC(CC(C)C)C1)[C@@H](CCCO[Si](c1ccccc1)(c1ccccc1)C(C)(C)C)CC(=O)OC(C)(C)C. The first kappa shape index (κ1) is 34.8. The summed E-state index contributed by atoms with van der Waals surface area (Å²) in [5.41, 5.74) is 0.282. The van der Waals surface area contributed by atoms with Gasteiger partial charge in [0, 0.05) is 25.5 Å². The van der Waals surface area contributed by atoms with E-state index in [-0.39, 0.29) is 23.3 Å². The van der Waals surface area contributed by atoms with E-state index >= 15 is 0 Å². The molecule has 0 unspecified atom stereocenters. The van der Waals surface area contributed by atoms with Crippen LogP contribution in [0, 0.1) is 35.5 Å². The quantitative estimate of drug-likeness (QED) is 0.0819. The monoisotopic (exact) mass is 601 g/mol. The molecule has 0 heterocycles. The van der Waals surface area contributed by atoms with Gasteiger partial charge in [0.25, 0.3) is 8.32 Å². The van der Waals surface area contributed by atoms with Crippen molar-refractivity contribution in [2.75, 3.05) is 13.7 Å². The van der Waals surface area contributed by atoms with E-state index in [9.17, 15) is 4.79 Å². The maximum Gasteiger partial charge on any atom is 0.307 e. The largest absolute Gasteiger partial charge is 0.460 e. The highest BCUT2D eigenvalue weighted by molar-refractivity contribution is 6.99. The van der Waals surface area contributed by atoms with Gasteiger partial charge in [-0.2, -0.15) is 0 Å². The zero-order valence-electron chi connectivity index (χ0n) is 28.2. The summed E-state index contributed by atoms with van der Waals surface area (Å²) >= 11 is 0. The van der Waals surface area contributed by atoms with E-state index in [1.54, 1.807) is 7.05 Å². The average Bonchev–Trinajstić information content (AvgIpc) is 2.90. The highest BCUT2D eigenvalue weighted by Crippen LogP contribution is 2.38. The van der Waals surface area contributed by atoms with Gasteiger partial charge in [0.05, 0.1) is 12.1 Å². The van der Waals surface area contributed by atoms with E-state index in [0.717, 1.165) is 30.4 Å². The Morgan fingerprint density at radius 1 is 0.953 bits per heavy atom. The van der Waals surface area contributed by atoms with Crippen LogP contribution >= 0.6 is 0 Å². The maximum atomic E-state index is 13.0. The Kier molecular flexibility index (Phi) is 12.4. The summed E-state index contributed by atoms with van der Waals surface area (Å²) in [7, 11) is -0.817. The molecule has 1 fully saturated rings. The number of carbonyl (C=O) groups is 1. The molecule has 0 spiro atoms. The van der Waals surface area contributed by atoms with Crippen molar-refractivity contribution in [1.29, 1.82) is 0 Å². The number of nitrogens with zero attached hydrogens (tertiary/aromatic N) is 1. The molecule has 1 aliphatic rings. The van der Waals surface area contributed by atoms with E-state index in [2.05, 4.69) is 112 Å². The Morgan fingerprint density at radius 2 is 1.51 bits per heavy atom.